The summed E-state index contributed by atoms with van der Waals surface area (Å²) < 4.78 is 83.1. The molecular weight excluding hydrogens is 322 g/mol. The summed E-state index contributed by atoms with van der Waals surface area (Å²) in [4.78, 5) is 14.4. The highest BCUT2D eigenvalue weighted by Gasteiger charge is 2.39. The molecule has 0 spiro atoms. The van der Waals surface area contributed by atoms with Crippen molar-refractivity contribution in [3.05, 3.63) is 23.0 Å². The lowest BCUT2D eigenvalue weighted by atomic mass is 10.1. The first-order valence-corrected chi connectivity index (χ1v) is 5.73. The third-order valence-electron chi connectivity index (χ3n) is 2.25. The molecule has 11 heteroatoms. The van der Waals surface area contributed by atoms with Crippen LogP contribution < -0.4 is 10.5 Å². The summed E-state index contributed by atoms with van der Waals surface area (Å²) in [5, 5.41) is 0. The number of pyridine rings is 1. The second-order valence-electron chi connectivity index (χ2n) is 3.81. The van der Waals surface area contributed by atoms with E-state index in [4.69, 9.17) is 5.73 Å². The largest absolute Gasteiger partial charge is 0.573 e. The topological polar surface area (TPSA) is 74.4 Å². The van der Waals surface area contributed by atoms with Gasteiger partial charge in [0.2, 0.25) is 0 Å². The van der Waals surface area contributed by atoms with Gasteiger partial charge in [-0.15, -0.1) is 13.2 Å². The first kappa shape index (κ1) is 18.0. The average molecular weight is 332 g/mol. The molecule has 124 valence electrons. The second-order valence-corrected chi connectivity index (χ2v) is 3.81. The van der Waals surface area contributed by atoms with Crippen molar-refractivity contribution in [3.8, 4) is 5.75 Å². The smallest absolute Gasteiger partial charge is 0.461 e. The molecule has 0 aliphatic carbocycles. The molecule has 1 heterocycles. The van der Waals surface area contributed by atoms with Crippen LogP contribution >= 0.6 is 0 Å². The van der Waals surface area contributed by atoms with Crippen LogP contribution in [0.5, 0.6) is 5.75 Å². The van der Waals surface area contributed by atoms with E-state index < -0.39 is 47.8 Å². The van der Waals surface area contributed by atoms with E-state index >= 15 is 0 Å². The van der Waals surface area contributed by atoms with E-state index in [2.05, 4.69) is 14.5 Å². The summed E-state index contributed by atoms with van der Waals surface area (Å²) in [6, 6.07) is 0.282. The summed E-state index contributed by atoms with van der Waals surface area (Å²) >= 11 is 0. The van der Waals surface area contributed by atoms with Crippen LogP contribution in [-0.4, -0.2) is 23.9 Å². The third kappa shape index (κ3) is 4.48. The molecule has 0 radical (unpaired) electrons. The Morgan fingerprint density at radius 3 is 2.27 bits per heavy atom. The van der Waals surface area contributed by atoms with Gasteiger partial charge in [0.1, 0.15) is 5.69 Å². The molecule has 0 fully saturated rings. The molecule has 0 unspecified atom stereocenters. The number of nitrogens with zero attached hydrogens (tertiary/aromatic N) is 1. The molecule has 0 saturated carbocycles. The van der Waals surface area contributed by atoms with Crippen molar-refractivity contribution < 1.29 is 40.6 Å². The summed E-state index contributed by atoms with van der Waals surface area (Å²) in [7, 11) is 0. The minimum Gasteiger partial charge on any atom is -0.461 e. The van der Waals surface area contributed by atoms with Gasteiger partial charge in [-0.25, -0.2) is 9.78 Å². The van der Waals surface area contributed by atoms with Crippen molar-refractivity contribution in [2.45, 2.75) is 26.0 Å². The molecule has 5 nitrogen and oxygen atoms in total. The number of hydrogen-bond donors (Lipinski definition) is 1. The van der Waals surface area contributed by atoms with Gasteiger partial charge in [-0.1, -0.05) is 0 Å². The molecule has 1 rings (SSSR count). The van der Waals surface area contributed by atoms with Crippen molar-refractivity contribution in [1.29, 1.82) is 0 Å². The van der Waals surface area contributed by atoms with Gasteiger partial charge in [0, 0.05) is 12.1 Å². The van der Waals surface area contributed by atoms with Crippen molar-refractivity contribution in [2.24, 2.45) is 5.73 Å². The van der Waals surface area contributed by atoms with Gasteiger partial charge in [0.05, 0.1) is 6.61 Å². The first-order valence-electron chi connectivity index (χ1n) is 5.73. The molecule has 0 aromatic carbocycles. The van der Waals surface area contributed by atoms with E-state index in [0.717, 1.165) is 0 Å². The molecule has 1 aromatic rings. The number of nitrogens with two attached hydrogens (primary N) is 1. The molecule has 1 aromatic heterocycles. The number of rotatable bonds is 4. The van der Waals surface area contributed by atoms with Gasteiger partial charge in [-0.3, -0.25) is 0 Å². The molecule has 0 bridgehead atoms. The Kier molecular flexibility index (Phi) is 5.22. The number of carbonyl (C=O) groups excluding carboxylic acids is 1. The van der Waals surface area contributed by atoms with Crippen LogP contribution in [-0.2, 0) is 17.5 Å². The maximum Gasteiger partial charge on any atom is 0.573 e. The number of carbonyl (C=O) groups is 1. The van der Waals surface area contributed by atoms with Crippen LogP contribution in [0.4, 0.5) is 26.3 Å². The highest BCUT2D eigenvalue weighted by Crippen LogP contribution is 2.35. The number of hydrogen-bond acceptors (Lipinski definition) is 5. The SMILES string of the molecule is CCOC(=O)c1nc(C(F)(F)F)cc(CN)c1OC(F)(F)F. The predicted octanol–water partition coefficient (Wildman–Crippen LogP) is 2.63. The third-order valence-corrected chi connectivity index (χ3v) is 2.25. The van der Waals surface area contributed by atoms with Crippen LogP contribution in [0.2, 0.25) is 0 Å². The molecule has 22 heavy (non-hydrogen) atoms. The molecule has 2 N–H and O–H groups in total. The normalized spacial score (nSPS) is 12.2. The number of alkyl halides is 6. The average Bonchev–Trinajstić information content (AvgIpc) is 2.35. The quantitative estimate of drug-likeness (QED) is 0.678. The van der Waals surface area contributed by atoms with Crippen molar-refractivity contribution >= 4 is 5.97 Å². The zero-order valence-corrected chi connectivity index (χ0v) is 11.0. The summed E-state index contributed by atoms with van der Waals surface area (Å²) in [6.07, 6.45) is -10.2. The first-order chi connectivity index (χ1) is 9.99. The second kappa shape index (κ2) is 6.38. The van der Waals surface area contributed by atoms with Crippen molar-refractivity contribution in [2.75, 3.05) is 6.61 Å². The standard InChI is InChI=1S/C11H10F6N2O3/c1-2-21-9(20)7-8(22-11(15,16)17)5(4-18)3-6(19-7)10(12,13)14/h3H,2,4,18H2,1H3. The summed E-state index contributed by atoms with van der Waals surface area (Å²) in [5.41, 5.74) is 1.63. The summed E-state index contributed by atoms with van der Waals surface area (Å²) in [6.45, 7) is 0.309. The molecule has 0 atom stereocenters. The van der Waals surface area contributed by atoms with Crippen molar-refractivity contribution in [3.63, 3.8) is 0 Å². The Morgan fingerprint density at radius 2 is 1.86 bits per heavy atom. The minimum absolute atomic E-state index is 0.278. The fourth-order valence-corrected chi connectivity index (χ4v) is 1.45. The predicted molar refractivity (Wildman–Crippen MR) is 59.8 cm³/mol. The van der Waals surface area contributed by atoms with Crippen LogP contribution in [0.15, 0.2) is 6.07 Å². The van der Waals surface area contributed by atoms with E-state index in [1.54, 1.807) is 0 Å². The monoisotopic (exact) mass is 332 g/mol. The van der Waals surface area contributed by atoms with Gasteiger partial charge >= 0.3 is 18.5 Å². The Morgan fingerprint density at radius 1 is 1.27 bits per heavy atom. The maximum absolute atomic E-state index is 12.7. The fraction of sp³-hybridized carbons (Fsp3) is 0.455. The van der Waals surface area contributed by atoms with Crippen LogP contribution in [0, 0.1) is 0 Å². The molecular formula is C11H10F6N2O3. The highest BCUT2D eigenvalue weighted by atomic mass is 19.4. The minimum atomic E-state index is -5.24. The number of esters is 1. The fourth-order valence-electron chi connectivity index (χ4n) is 1.45. The van der Waals surface area contributed by atoms with Gasteiger partial charge in [-0.2, -0.15) is 13.2 Å². The van der Waals surface area contributed by atoms with E-state index in [1.165, 1.54) is 6.92 Å². The van der Waals surface area contributed by atoms with E-state index in [9.17, 15) is 31.1 Å². The Balaban J connectivity index is 3.54. The van der Waals surface area contributed by atoms with Crippen LogP contribution in [0.25, 0.3) is 0 Å². The van der Waals surface area contributed by atoms with Gasteiger partial charge in [0.15, 0.2) is 11.4 Å². The maximum atomic E-state index is 12.7. The number of ether oxygens (including phenoxy) is 2. The van der Waals surface area contributed by atoms with E-state index in [1.807, 2.05) is 0 Å². The van der Waals surface area contributed by atoms with Crippen LogP contribution in [0.3, 0.4) is 0 Å². The van der Waals surface area contributed by atoms with Gasteiger partial charge in [0.25, 0.3) is 0 Å². The van der Waals surface area contributed by atoms with E-state index in [-0.39, 0.29) is 12.7 Å². The van der Waals surface area contributed by atoms with Crippen molar-refractivity contribution in [1.82, 2.24) is 4.98 Å². The Bertz CT molecular complexity index is 556. The molecule has 0 saturated heterocycles. The van der Waals surface area contributed by atoms with Crippen LogP contribution in [0.1, 0.15) is 28.7 Å². The molecule has 0 aliphatic heterocycles. The molecule has 0 aliphatic rings. The lowest BCUT2D eigenvalue weighted by Gasteiger charge is -2.17. The Labute approximate surface area is 120 Å². The zero-order chi connectivity index (χ0) is 17.1. The van der Waals surface area contributed by atoms with Gasteiger partial charge in [-0.05, 0) is 13.0 Å². The van der Waals surface area contributed by atoms with E-state index in [0.29, 0.717) is 0 Å². The molecule has 0 amide bonds. The highest BCUT2D eigenvalue weighted by molar-refractivity contribution is 5.91. The number of aromatic nitrogens is 1. The zero-order valence-electron chi connectivity index (χ0n) is 11.0. The lowest BCUT2D eigenvalue weighted by Crippen LogP contribution is -2.24. The lowest BCUT2D eigenvalue weighted by molar-refractivity contribution is -0.275. The summed E-state index contributed by atoms with van der Waals surface area (Å²) in [5.74, 6) is -2.69. The number of halogens is 6. The van der Waals surface area contributed by atoms with Gasteiger partial charge < -0.3 is 15.2 Å². The Hall–Kier alpha value is -2.04.